The first kappa shape index (κ1) is 21.3. The lowest BCUT2D eigenvalue weighted by Crippen LogP contribution is -2.33. The SMILES string of the molecule is O=C(O)N(CCc1ccccc1Cl)c1nc(Nc2ccc(Cl)cc2)ncc1[N+](=O)[O-]. The molecule has 0 radical (unpaired) electrons. The van der Waals surface area contributed by atoms with Crippen LogP contribution in [0.1, 0.15) is 5.56 Å². The van der Waals surface area contributed by atoms with Gasteiger partial charge in [-0.2, -0.15) is 4.98 Å². The molecule has 9 nitrogen and oxygen atoms in total. The molecule has 11 heteroatoms. The third kappa shape index (κ3) is 5.13. The molecule has 0 unspecified atom stereocenters. The number of halogens is 2. The van der Waals surface area contributed by atoms with Crippen molar-refractivity contribution in [1.29, 1.82) is 0 Å². The van der Waals surface area contributed by atoms with Gasteiger partial charge in [0.25, 0.3) is 0 Å². The van der Waals surface area contributed by atoms with E-state index in [0.717, 1.165) is 11.1 Å². The highest BCUT2D eigenvalue weighted by Gasteiger charge is 2.27. The van der Waals surface area contributed by atoms with Crippen molar-refractivity contribution in [3.05, 3.63) is 80.5 Å². The maximum atomic E-state index is 11.9. The highest BCUT2D eigenvalue weighted by Crippen LogP contribution is 2.28. The molecule has 3 rings (SSSR count). The van der Waals surface area contributed by atoms with Crippen LogP contribution in [0.2, 0.25) is 10.0 Å². The predicted octanol–water partition coefficient (Wildman–Crippen LogP) is 5.16. The lowest BCUT2D eigenvalue weighted by molar-refractivity contribution is -0.384. The number of anilines is 3. The quantitative estimate of drug-likeness (QED) is 0.378. The van der Waals surface area contributed by atoms with Gasteiger partial charge in [0, 0.05) is 22.3 Å². The molecule has 1 heterocycles. The van der Waals surface area contributed by atoms with E-state index in [1.54, 1.807) is 48.5 Å². The summed E-state index contributed by atoms with van der Waals surface area (Å²) in [6.07, 6.45) is -0.180. The molecule has 30 heavy (non-hydrogen) atoms. The number of rotatable bonds is 7. The number of hydrogen-bond donors (Lipinski definition) is 2. The van der Waals surface area contributed by atoms with Crippen LogP contribution in [0.4, 0.5) is 27.9 Å². The number of nitrogens with zero attached hydrogens (tertiary/aromatic N) is 4. The van der Waals surface area contributed by atoms with Crippen molar-refractivity contribution >= 4 is 52.4 Å². The molecule has 2 aromatic carbocycles. The number of hydrogen-bond acceptors (Lipinski definition) is 6. The van der Waals surface area contributed by atoms with Crippen LogP contribution in [0.25, 0.3) is 0 Å². The van der Waals surface area contributed by atoms with E-state index in [1.165, 1.54) is 0 Å². The Morgan fingerprint density at radius 3 is 2.50 bits per heavy atom. The van der Waals surface area contributed by atoms with Crippen LogP contribution in [0.5, 0.6) is 0 Å². The summed E-state index contributed by atoms with van der Waals surface area (Å²) in [4.78, 5) is 31.4. The van der Waals surface area contributed by atoms with Crippen molar-refractivity contribution in [2.24, 2.45) is 0 Å². The third-order valence-corrected chi connectivity index (χ3v) is 4.72. The second-order valence-corrected chi connectivity index (χ2v) is 6.91. The molecule has 154 valence electrons. The number of carbonyl (C=O) groups is 1. The summed E-state index contributed by atoms with van der Waals surface area (Å²) < 4.78 is 0. The summed E-state index contributed by atoms with van der Waals surface area (Å²) in [5.41, 5.74) is 0.761. The van der Waals surface area contributed by atoms with Gasteiger partial charge in [0.15, 0.2) is 0 Å². The second kappa shape index (κ2) is 9.38. The van der Waals surface area contributed by atoms with Crippen molar-refractivity contribution in [2.45, 2.75) is 6.42 Å². The first-order valence-electron chi connectivity index (χ1n) is 8.63. The van der Waals surface area contributed by atoms with Gasteiger partial charge >= 0.3 is 11.8 Å². The van der Waals surface area contributed by atoms with E-state index in [-0.39, 0.29) is 24.7 Å². The zero-order chi connectivity index (χ0) is 21.7. The fourth-order valence-electron chi connectivity index (χ4n) is 2.64. The highest BCUT2D eigenvalue weighted by molar-refractivity contribution is 6.31. The Bertz CT molecular complexity index is 1080. The standard InChI is InChI=1S/C19H15Cl2N5O4/c20-13-5-7-14(8-6-13)23-18-22-11-16(26(29)30)17(24-18)25(19(27)28)10-9-12-3-1-2-4-15(12)21/h1-8,11H,9-10H2,(H,27,28)(H,22,23,24). The maximum Gasteiger partial charge on any atom is 0.413 e. The normalized spacial score (nSPS) is 10.5. The summed E-state index contributed by atoms with van der Waals surface area (Å²) in [5, 5.41) is 25.0. The molecule has 1 amide bonds. The number of nitro groups is 1. The lowest BCUT2D eigenvalue weighted by Gasteiger charge is -2.19. The average molecular weight is 448 g/mol. The fourth-order valence-corrected chi connectivity index (χ4v) is 3.00. The van der Waals surface area contributed by atoms with Crippen LogP contribution in [0.15, 0.2) is 54.7 Å². The van der Waals surface area contributed by atoms with Crippen molar-refractivity contribution in [1.82, 2.24) is 9.97 Å². The third-order valence-electron chi connectivity index (χ3n) is 4.10. The summed E-state index contributed by atoms with van der Waals surface area (Å²) in [6.45, 7) is -0.0860. The van der Waals surface area contributed by atoms with Gasteiger partial charge in [0.1, 0.15) is 6.20 Å². The van der Waals surface area contributed by atoms with E-state index >= 15 is 0 Å². The smallest absolute Gasteiger partial charge is 0.413 e. The minimum absolute atomic E-state index is 0.00177. The summed E-state index contributed by atoms with van der Waals surface area (Å²) in [6, 6.07) is 13.6. The van der Waals surface area contributed by atoms with Crippen LogP contribution in [0.3, 0.4) is 0 Å². The Morgan fingerprint density at radius 1 is 1.17 bits per heavy atom. The van der Waals surface area contributed by atoms with E-state index in [0.29, 0.717) is 21.3 Å². The molecule has 3 aromatic rings. The highest BCUT2D eigenvalue weighted by atomic mass is 35.5. The Hall–Kier alpha value is -3.43. The van der Waals surface area contributed by atoms with Gasteiger partial charge in [-0.05, 0) is 42.3 Å². The minimum atomic E-state index is -1.39. The van der Waals surface area contributed by atoms with Gasteiger partial charge in [-0.1, -0.05) is 41.4 Å². The van der Waals surface area contributed by atoms with Gasteiger partial charge < -0.3 is 10.4 Å². The van der Waals surface area contributed by atoms with Gasteiger partial charge in [0.2, 0.25) is 11.8 Å². The maximum absolute atomic E-state index is 11.9. The number of carboxylic acid groups (broad SMARTS) is 1. The van der Waals surface area contributed by atoms with Crippen LogP contribution in [-0.2, 0) is 6.42 Å². The summed E-state index contributed by atoms with van der Waals surface area (Å²) >= 11 is 12.0. The van der Waals surface area contributed by atoms with E-state index in [4.69, 9.17) is 23.2 Å². The van der Waals surface area contributed by atoms with Crippen LogP contribution in [0, 0.1) is 10.1 Å². The first-order chi connectivity index (χ1) is 14.3. The molecule has 0 saturated carbocycles. The molecule has 0 bridgehead atoms. The van der Waals surface area contributed by atoms with Crippen LogP contribution >= 0.6 is 23.2 Å². The van der Waals surface area contributed by atoms with Gasteiger partial charge in [0.05, 0.1) is 4.92 Å². The molecular formula is C19H15Cl2N5O4. The molecule has 0 fully saturated rings. The minimum Gasteiger partial charge on any atom is -0.465 e. The fraction of sp³-hybridized carbons (Fsp3) is 0.105. The predicted molar refractivity (Wildman–Crippen MR) is 114 cm³/mol. The van der Waals surface area contributed by atoms with Gasteiger partial charge in [-0.25, -0.2) is 9.78 Å². The Balaban J connectivity index is 1.92. The van der Waals surface area contributed by atoms with Crippen molar-refractivity contribution in [2.75, 3.05) is 16.8 Å². The zero-order valence-corrected chi connectivity index (χ0v) is 16.8. The Kier molecular flexibility index (Phi) is 6.65. The number of aromatic nitrogens is 2. The molecular weight excluding hydrogens is 433 g/mol. The molecule has 2 N–H and O–H groups in total. The molecule has 0 aliphatic carbocycles. The number of amides is 1. The van der Waals surface area contributed by atoms with Crippen LogP contribution < -0.4 is 10.2 Å². The second-order valence-electron chi connectivity index (χ2n) is 6.07. The number of nitrogens with one attached hydrogen (secondary N) is 1. The monoisotopic (exact) mass is 447 g/mol. The van der Waals surface area contributed by atoms with E-state index < -0.39 is 16.7 Å². The molecule has 0 atom stereocenters. The summed E-state index contributed by atoms with van der Waals surface area (Å²) in [5.74, 6) is -0.340. The van der Waals surface area contributed by atoms with Crippen molar-refractivity contribution in [3.8, 4) is 0 Å². The average Bonchev–Trinajstić information content (AvgIpc) is 2.71. The molecule has 0 aliphatic rings. The molecule has 0 aliphatic heterocycles. The Morgan fingerprint density at radius 2 is 1.87 bits per heavy atom. The number of benzene rings is 2. The van der Waals surface area contributed by atoms with Crippen LogP contribution in [-0.4, -0.2) is 32.6 Å². The van der Waals surface area contributed by atoms with Gasteiger partial charge in [-0.15, -0.1) is 0 Å². The van der Waals surface area contributed by atoms with Gasteiger partial charge in [-0.3, -0.25) is 15.0 Å². The Labute approximate surface area is 181 Å². The van der Waals surface area contributed by atoms with E-state index in [1.807, 2.05) is 0 Å². The molecule has 0 spiro atoms. The topological polar surface area (TPSA) is 121 Å². The van der Waals surface area contributed by atoms with E-state index in [2.05, 4.69) is 15.3 Å². The van der Waals surface area contributed by atoms with Crippen molar-refractivity contribution < 1.29 is 14.8 Å². The lowest BCUT2D eigenvalue weighted by atomic mass is 10.1. The molecule has 1 aromatic heterocycles. The van der Waals surface area contributed by atoms with Crippen molar-refractivity contribution in [3.63, 3.8) is 0 Å². The largest absolute Gasteiger partial charge is 0.465 e. The first-order valence-corrected chi connectivity index (χ1v) is 9.38. The van der Waals surface area contributed by atoms with E-state index in [9.17, 15) is 20.0 Å². The summed E-state index contributed by atoms with van der Waals surface area (Å²) in [7, 11) is 0. The zero-order valence-electron chi connectivity index (χ0n) is 15.3. The molecule has 0 saturated heterocycles.